The molecule has 1 atom stereocenters. The van der Waals surface area contributed by atoms with Crippen LogP contribution < -0.4 is 10.6 Å². The first-order chi connectivity index (χ1) is 15.9. The van der Waals surface area contributed by atoms with Crippen molar-refractivity contribution >= 4 is 35.2 Å². The molecule has 0 radical (unpaired) electrons. The van der Waals surface area contributed by atoms with Crippen LogP contribution in [0.1, 0.15) is 53.3 Å². The molecule has 33 heavy (non-hydrogen) atoms. The van der Waals surface area contributed by atoms with E-state index in [0.717, 1.165) is 31.0 Å². The van der Waals surface area contributed by atoms with Crippen LogP contribution in [-0.4, -0.2) is 89.5 Å². The summed E-state index contributed by atoms with van der Waals surface area (Å²) in [5, 5.41) is 5.32. The molecule has 1 unspecified atom stereocenters. The largest absolute Gasteiger partial charge is 0.384 e. The molecular weight excluding hydrogens is 426 g/mol. The molecule has 5 amide bonds. The molecule has 2 fully saturated rings. The first kappa shape index (κ1) is 22.9. The quantitative estimate of drug-likeness (QED) is 0.573. The van der Waals surface area contributed by atoms with Gasteiger partial charge in [-0.25, -0.2) is 0 Å². The van der Waals surface area contributed by atoms with Crippen LogP contribution in [0, 0.1) is 0 Å². The summed E-state index contributed by atoms with van der Waals surface area (Å²) in [6.45, 7) is 6.71. The van der Waals surface area contributed by atoms with Gasteiger partial charge in [0.05, 0.1) is 11.1 Å². The van der Waals surface area contributed by atoms with Crippen molar-refractivity contribution in [3.8, 4) is 0 Å². The highest BCUT2D eigenvalue weighted by atomic mass is 16.2. The van der Waals surface area contributed by atoms with Gasteiger partial charge in [0.25, 0.3) is 11.8 Å². The lowest BCUT2D eigenvalue weighted by molar-refractivity contribution is -0.136. The zero-order valence-electron chi connectivity index (χ0n) is 18.8. The number of fused-ring (bicyclic) bond motifs is 1. The fourth-order valence-electron chi connectivity index (χ4n) is 4.66. The minimum absolute atomic E-state index is 0.0544. The predicted octanol–water partition coefficient (Wildman–Crippen LogP) is 0.444. The number of piperazine rings is 1. The van der Waals surface area contributed by atoms with E-state index in [1.54, 1.807) is 18.2 Å². The average molecular weight is 456 g/mol. The van der Waals surface area contributed by atoms with Gasteiger partial charge in [-0.1, -0.05) is 13.0 Å². The zero-order chi connectivity index (χ0) is 23.5. The van der Waals surface area contributed by atoms with Crippen LogP contribution in [0.5, 0.6) is 0 Å². The number of imide groups is 2. The average Bonchev–Trinajstić information content (AvgIpc) is 3.05. The lowest BCUT2D eigenvalue weighted by Crippen LogP contribution is -2.54. The Balaban J connectivity index is 1.38. The molecule has 0 spiro atoms. The molecule has 1 aromatic carbocycles. The lowest BCUT2D eigenvalue weighted by atomic mass is 10.0. The molecule has 1 aromatic rings. The Bertz CT molecular complexity index is 985. The third-order valence-electron chi connectivity index (χ3n) is 6.39. The number of benzene rings is 1. The molecule has 3 aliphatic rings. The summed E-state index contributed by atoms with van der Waals surface area (Å²) in [4.78, 5) is 67.4. The minimum atomic E-state index is -1.00. The number of nitrogens with zero attached hydrogens (tertiary/aromatic N) is 3. The van der Waals surface area contributed by atoms with Gasteiger partial charge in [-0.2, -0.15) is 0 Å². The summed E-state index contributed by atoms with van der Waals surface area (Å²) < 4.78 is 0. The van der Waals surface area contributed by atoms with Gasteiger partial charge in [0.2, 0.25) is 17.7 Å². The van der Waals surface area contributed by atoms with Crippen LogP contribution in [0.25, 0.3) is 0 Å². The van der Waals surface area contributed by atoms with E-state index in [0.29, 0.717) is 25.3 Å². The van der Waals surface area contributed by atoms with Gasteiger partial charge in [-0.05, 0) is 31.5 Å². The first-order valence-electron chi connectivity index (χ1n) is 11.5. The first-order valence-corrected chi connectivity index (χ1v) is 11.5. The second-order valence-corrected chi connectivity index (χ2v) is 8.57. The Hall–Kier alpha value is -3.27. The standard InChI is InChI=1S/C23H29N5O5/c1-2-10-26-11-13-27(14-12-26)19(30)8-9-24-16-5-3-4-15-20(16)23(33)28(22(15)32)17-6-7-18(29)25-21(17)31/h3-5,17,24H,2,6-14H2,1H3,(H,25,29,31). The number of piperidine rings is 1. The van der Waals surface area contributed by atoms with Crippen molar-refractivity contribution in [2.45, 2.75) is 38.6 Å². The van der Waals surface area contributed by atoms with Gasteiger partial charge in [-0.3, -0.25) is 39.1 Å². The fraction of sp³-hybridized carbons (Fsp3) is 0.522. The summed E-state index contributed by atoms with van der Waals surface area (Å²) >= 11 is 0. The summed E-state index contributed by atoms with van der Waals surface area (Å²) in [6.07, 6.45) is 1.56. The number of nitrogens with one attached hydrogen (secondary N) is 2. The van der Waals surface area contributed by atoms with Crippen LogP contribution in [0.3, 0.4) is 0 Å². The lowest BCUT2D eigenvalue weighted by Gasteiger charge is -2.34. The Morgan fingerprint density at radius 1 is 1.09 bits per heavy atom. The molecule has 3 aliphatic heterocycles. The number of rotatable bonds is 7. The normalized spacial score (nSPS) is 21.3. The molecule has 0 aliphatic carbocycles. The van der Waals surface area contributed by atoms with Crippen LogP contribution in [-0.2, 0) is 14.4 Å². The summed E-state index contributed by atoms with van der Waals surface area (Å²) in [5.41, 5.74) is 0.877. The van der Waals surface area contributed by atoms with Gasteiger partial charge >= 0.3 is 0 Å². The number of hydrogen-bond donors (Lipinski definition) is 2. The maximum atomic E-state index is 13.1. The van der Waals surface area contributed by atoms with Crippen LogP contribution in [0.15, 0.2) is 18.2 Å². The summed E-state index contributed by atoms with van der Waals surface area (Å²) in [5.74, 6) is -2.11. The van der Waals surface area contributed by atoms with Crippen molar-refractivity contribution in [2.24, 2.45) is 0 Å². The highest BCUT2D eigenvalue weighted by molar-refractivity contribution is 6.25. The topological polar surface area (TPSA) is 119 Å². The van der Waals surface area contributed by atoms with Gasteiger partial charge in [0.15, 0.2) is 0 Å². The van der Waals surface area contributed by atoms with Crippen molar-refractivity contribution in [3.63, 3.8) is 0 Å². The molecule has 176 valence electrons. The third-order valence-corrected chi connectivity index (χ3v) is 6.39. The molecular formula is C23H29N5O5. The Morgan fingerprint density at radius 3 is 2.55 bits per heavy atom. The van der Waals surface area contributed by atoms with E-state index in [4.69, 9.17) is 0 Å². The molecule has 0 aromatic heterocycles. The van der Waals surface area contributed by atoms with E-state index in [1.165, 1.54) is 0 Å². The van der Waals surface area contributed by atoms with Crippen molar-refractivity contribution in [3.05, 3.63) is 29.3 Å². The number of carbonyl (C=O) groups is 5. The van der Waals surface area contributed by atoms with E-state index in [2.05, 4.69) is 22.5 Å². The van der Waals surface area contributed by atoms with Crippen molar-refractivity contribution in [2.75, 3.05) is 44.6 Å². The molecule has 4 rings (SSSR count). The molecule has 0 saturated carbocycles. The highest BCUT2D eigenvalue weighted by Gasteiger charge is 2.45. The van der Waals surface area contributed by atoms with Crippen LogP contribution >= 0.6 is 0 Å². The molecule has 0 bridgehead atoms. The maximum absolute atomic E-state index is 13.1. The number of anilines is 1. The van der Waals surface area contributed by atoms with E-state index >= 15 is 0 Å². The smallest absolute Gasteiger partial charge is 0.264 e. The zero-order valence-corrected chi connectivity index (χ0v) is 18.8. The van der Waals surface area contributed by atoms with E-state index < -0.39 is 29.7 Å². The van der Waals surface area contributed by atoms with Crippen molar-refractivity contribution < 1.29 is 24.0 Å². The van der Waals surface area contributed by atoms with Gasteiger partial charge in [-0.15, -0.1) is 0 Å². The van der Waals surface area contributed by atoms with E-state index in [-0.39, 0.29) is 36.3 Å². The molecule has 2 saturated heterocycles. The van der Waals surface area contributed by atoms with Crippen molar-refractivity contribution in [1.82, 2.24) is 20.0 Å². The van der Waals surface area contributed by atoms with E-state index in [9.17, 15) is 24.0 Å². The predicted molar refractivity (Wildman–Crippen MR) is 120 cm³/mol. The summed E-state index contributed by atoms with van der Waals surface area (Å²) in [6, 6.07) is 3.89. The molecule has 10 nitrogen and oxygen atoms in total. The number of amides is 5. The second kappa shape index (κ2) is 9.70. The van der Waals surface area contributed by atoms with Gasteiger partial charge in [0, 0.05) is 51.3 Å². The van der Waals surface area contributed by atoms with Gasteiger partial charge < -0.3 is 10.2 Å². The highest BCUT2D eigenvalue weighted by Crippen LogP contribution is 2.32. The Kier molecular flexibility index (Phi) is 6.73. The van der Waals surface area contributed by atoms with Crippen LogP contribution in [0.4, 0.5) is 5.69 Å². The second-order valence-electron chi connectivity index (χ2n) is 8.57. The SMILES string of the molecule is CCCN1CCN(C(=O)CCNc2cccc3c2C(=O)N(C2CCC(=O)NC2=O)C3=O)CC1. The third kappa shape index (κ3) is 4.61. The molecule has 10 heteroatoms. The number of carbonyl (C=O) groups excluding carboxylic acids is 5. The Morgan fingerprint density at radius 2 is 1.85 bits per heavy atom. The monoisotopic (exact) mass is 455 g/mol. The minimum Gasteiger partial charge on any atom is -0.384 e. The van der Waals surface area contributed by atoms with Crippen LogP contribution in [0.2, 0.25) is 0 Å². The summed E-state index contributed by atoms with van der Waals surface area (Å²) in [7, 11) is 0. The van der Waals surface area contributed by atoms with Gasteiger partial charge in [0.1, 0.15) is 6.04 Å². The van der Waals surface area contributed by atoms with Crippen molar-refractivity contribution in [1.29, 1.82) is 0 Å². The van der Waals surface area contributed by atoms with E-state index in [1.807, 2.05) is 4.90 Å². The Labute approximate surface area is 192 Å². The molecule has 3 heterocycles. The maximum Gasteiger partial charge on any atom is 0.264 e. The molecule has 2 N–H and O–H groups in total. The number of hydrogen-bond acceptors (Lipinski definition) is 7. The fourth-order valence-corrected chi connectivity index (χ4v) is 4.66.